The second-order valence-electron chi connectivity index (χ2n) is 13.2. The molecule has 0 spiro atoms. The maximum Gasteiger partial charge on any atom is 0.242 e. The average molecular weight is 866 g/mol. The molecule has 4 atom stereocenters. The number of halogens is 2. The van der Waals surface area contributed by atoms with E-state index in [0.29, 0.717) is 25.9 Å². The number of amides is 4. The van der Waals surface area contributed by atoms with Gasteiger partial charge in [0, 0.05) is 13.1 Å². The van der Waals surface area contributed by atoms with Crippen LogP contribution < -0.4 is 32.7 Å². The summed E-state index contributed by atoms with van der Waals surface area (Å²) in [5, 5.41) is 29.5. The molecular formula is C42H62Cl2N6O9. The Morgan fingerprint density at radius 3 is 1.10 bits per heavy atom. The predicted octanol–water partition coefficient (Wildman–Crippen LogP) is 1.40. The number of aryl methyl sites for hydroxylation is 2. The van der Waals surface area contributed by atoms with Crippen LogP contribution in [0.1, 0.15) is 48.9 Å². The maximum absolute atomic E-state index is 12.2. The van der Waals surface area contributed by atoms with Crippen molar-refractivity contribution in [3.63, 3.8) is 0 Å². The van der Waals surface area contributed by atoms with Crippen molar-refractivity contribution in [2.24, 2.45) is 11.5 Å². The molecule has 0 aromatic heterocycles. The topological polar surface area (TPSA) is 303 Å². The number of hydrogen-bond acceptors (Lipinski definition) is 8. The van der Waals surface area contributed by atoms with Crippen LogP contribution in [-0.4, -0.2) is 87.5 Å². The van der Waals surface area contributed by atoms with Gasteiger partial charge in [0.25, 0.3) is 0 Å². The number of nitrogens with one attached hydrogen (secondary N) is 4. The number of carbonyl (C=O) groups is 4. The number of rotatable bonds is 18. The Labute approximate surface area is 358 Å². The van der Waals surface area contributed by atoms with Crippen LogP contribution in [0.15, 0.2) is 109 Å². The van der Waals surface area contributed by atoms with E-state index in [0.717, 1.165) is 36.8 Å². The summed E-state index contributed by atoms with van der Waals surface area (Å²) in [6.07, 6.45) is 4.10. The fourth-order valence-electron chi connectivity index (χ4n) is 5.33. The Morgan fingerprint density at radius 1 is 0.492 bits per heavy atom. The van der Waals surface area contributed by atoms with Crippen LogP contribution >= 0.6 is 24.8 Å². The van der Waals surface area contributed by atoms with Gasteiger partial charge in [0.2, 0.25) is 23.6 Å². The molecule has 0 aliphatic rings. The Morgan fingerprint density at radius 2 is 0.797 bits per heavy atom. The molecule has 4 aromatic rings. The molecule has 4 amide bonds. The van der Waals surface area contributed by atoms with Gasteiger partial charge in [-0.3, -0.25) is 19.2 Å². The second kappa shape index (κ2) is 31.7. The van der Waals surface area contributed by atoms with Crippen molar-refractivity contribution < 1.29 is 45.8 Å². The average Bonchev–Trinajstić information content (AvgIpc) is 3.17. The largest absolute Gasteiger partial charge is 0.508 e. The molecular weight excluding hydrogens is 803 g/mol. The highest BCUT2D eigenvalue weighted by molar-refractivity contribution is 5.90. The van der Waals surface area contributed by atoms with Gasteiger partial charge >= 0.3 is 0 Å². The van der Waals surface area contributed by atoms with Gasteiger partial charge in [-0.05, 0) is 98.9 Å². The number of phenols is 2. The smallest absolute Gasteiger partial charge is 0.242 e. The first-order chi connectivity index (χ1) is 25.9. The lowest BCUT2D eigenvalue weighted by Gasteiger charge is -2.17. The Hall–Kier alpha value is -5.26. The lowest BCUT2D eigenvalue weighted by Crippen LogP contribution is -2.51. The molecule has 17 heteroatoms. The van der Waals surface area contributed by atoms with Crippen LogP contribution in [0.2, 0.25) is 0 Å². The standard InChI is InChI=1S/2C21H27N3O3.2ClH.3H2O/c2*1-15(20(26)23-13-5-8-16-6-3-2-4-7-16)24-21(27)19(22)14-17-9-11-18(25)12-10-17;;;;;/h2*2-4,6-7,9-12,15,19,25H,5,8,13-14,22H2,1H3,(H,23,26)(H,24,27);2*1H;3*1H2/t2*15-,19+;;;;;/m11...../s1. The van der Waals surface area contributed by atoms with Gasteiger partial charge in [-0.15, -0.1) is 24.8 Å². The Kier molecular flexibility index (Phi) is 31.2. The predicted molar refractivity (Wildman–Crippen MR) is 236 cm³/mol. The molecule has 0 saturated carbocycles. The minimum atomic E-state index is -0.761. The summed E-state index contributed by atoms with van der Waals surface area (Å²) in [5.41, 5.74) is 16.0. The normalized spacial score (nSPS) is 11.7. The SMILES string of the molecule is C[C@@H](NC(=O)[C@@H](N)Cc1ccc(O)cc1)C(=O)NCCCc1ccccc1.C[C@@H](NC(=O)[C@@H](N)Cc1ccc(O)cc1)C(=O)NCCCc1ccccc1.Cl.Cl.O.O.O. The third kappa shape index (κ3) is 23.1. The van der Waals surface area contributed by atoms with Crippen molar-refractivity contribution in [3.05, 3.63) is 131 Å². The van der Waals surface area contributed by atoms with Crippen LogP contribution in [0.4, 0.5) is 0 Å². The van der Waals surface area contributed by atoms with Gasteiger partial charge in [0.05, 0.1) is 12.1 Å². The number of aromatic hydroxyl groups is 2. The summed E-state index contributed by atoms with van der Waals surface area (Å²) in [4.78, 5) is 48.6. The first kappa shape index (κ1) is 58.1. The summed E-state index contributed by atoms with van der Waals surface area (Å²) in [6.45, 7) is 4.37. The van der Waals surface area contributed by atoms with Crippen molar-refractivity contribution in [3.8, 4) is 11.5 Å². The summed E-state index contributed by atoms with van der Waals surface area (Å²) in [6, 6.07) is 30.4. The Bertz CT molecular complexity index is 1610. The molecule has 16 N–H and O–H groups in total. The summed E-state index contributed by atoms with van der Waals surface area (Å²) >= 11 is 0. The van der Waals surface area contributed by atoms with Crippen LogP contribution in [0.5, 0.6) is 11.5 Å². The van der Waals surface area contributed by atoms with Crippen LogP contribution in [0.25, 0.3) is 0 Å². The monoisotopic (exact) mass is 864 g/mol. The van der Waals surface area contributed by atoms with Gasteiger partial charge in [0.1, 0.15) is 23.6 Å². The van der Waals surface area contributed by atoms with Crippen molar-refractivity contribution in [1.29, 1.82) is 0 Å². The van der Waals surface area contributed by atoms with E-state index in [1.54, 1.807) is 62.4 Å². The minimum absolute atomic E-state index is 0. The van der Waals surface area contributed by atoms with Crippen molar-refractivity contribution >= 4 is 48.4 Å². The molecule has 0 radical (unpaired) electrons. The highest BCUT2D eigenvalue weighted by atomic mass is 35.5. The molecule has 328 valence electrons. The third-order valence-electron chi connectivity index (χ3n) is 8.53. The van der Waals surface area contributed by atoms with Crippen LogP contribution in [0.3, 0.4) is 0 Å². The molecule has 0 heterocycles. The molecule has 0 aliphatic heterocycles. The van der Waals surface area contributed by atoms with E-state index in [2.05, 4.69) is 45.5 Å². The highest BCUT2D eigenvalue weighted by Gasteiger charge is 2.21. The van der Waals surface area contributed by atoms with Gasteiger partial charge in [-0.1, -0.05) is 84.9 Å². The zero-order chi connectivity index (χ0) is 39.3. The Balaban J connectivity index is -0.000000980. The van der Waals surface area contributed by atoms with E-state index in [1.165, 1.54) is 11.1 Å². The van der Waals surface area contributed by atoms with Crippen molar-refractivity contribution in [2.75, 3.05) is 13.1 Å². The number of nitrogens with two attached hydrogens (primary N) is 2. The third-order valence-corrected chi connectivity index (χ3v) is 8.53. The lowest BCUT2D eigenvalue weighted by molar-refractivity contribution is -0.129. The lowest BCUT2D eigenvalue weighted by atomic mass is 10.1. The number of phenolic OH excluding ortho intramolecular Hbond substituents is 2. The van der Waals surface area contributed by atoms with E-state index >= 15 is 0 Å². The summed E-state index contributed by atoms with van der Waals surface area (Å²) in [5.74, 6) is -0.893. The van der Waals surface area contributed by atoms with Gasteiger partial charge in [-0.25, -0.2) is 0 Å². The van der Waals surface area contributed by atoms with Gasteiger partial charge < -0.3 is 59.4 Å². The van der Waals surface area contributed by atoms with E-state index in [4.69, 9.17) is 11.5 Å². The fourth-order valence-corrected chi connectivity index (χ4v) is 5.33. The zero-order valence-electron chi connectivity index (χ0n) is 33.4. The molecule has 0 fully saturated rings. The molecule has 0 unspecified atom stereocenters. The fraction of sp³-hybridized carbons (Fsp3) is 0.333. The first-order valence-electron chi connectivity index (χ1n) is 18.2. The van der Waals surface area contributed by atoms with E-state index in [-0.39, 0.29) is 76.4 Å². The molecule has 4 aromatic carbocycles. The van der Waals surface area contributed by atoms with Gasteiger partial charge in [-0.2, -0.15) is 0 Å². The maximum atomic E-state index is 12.2. The molecule has 15 nitrogen and oxygen atoms in total. The first-order valence-corrected chi connectivity index (χ1v) is 18.2. The van der Waals surface area contributed by atoms with Gasteiger partial charge in [0.15, 0.2) is 0 Å². The number of hydrogen-bond donors (Lipinski definition) is 8. The van der Waals surface area contributed by atoms with Crippen LogP contribution in [0, 0.1) is 0 Å². The quantitative estimate of drug-likeness (QED) is 0.0675. The molecule has 0 aliphatic carbocycles. The summed E-state index contributed by atoms with van der Waals surface area (Å²) in [7, 11) is 0. The van der Waals surface area contributed by atoms with E-state index < -0.39 is 24.2 Å². The summed E-state index contributed by atoms with van der Waals surface area (Å²) < 4.78 is 0. The zero-order valence-corrected chi connectivity index (χ0v) is 35.0. The highest BCUT2D eigenvalue weighted by Crippen LogP contribution is 2.12. The van der Waals surface area contributed by atoms with Crippen molar-refractivity contribution in [2.45, 2.75) is 76.5 Å². The molecule has 0 bridgehead atoms. The number of benzene rings is 4. The number of carbonyl (C=O) groups excluding carboxylic acids is 4. The van der Waals surface area contributed by atoms with E-state index in [1.807, 2.05) is 36.4 Å². The minimum Gasteiger partial charge on any atom is -0.508 e. The van der Waals surface area contributed by atoms with E-state index in [9.17, 15) is 29.4 Å². The molecule has 0 saturated heterocycles. The molecule has 59 heavy (non-hydrogen) atoms. The van der Waals surface area contributed by atoms with Crippen LogP contribution in [-0.2, 0) is 44.9 Å². The van der Waals surface area contributed by atoms with Crippen molar-refractivity contribution in [1.82, 2.24) is 21.3 Å². The molecule has 4 rings (SSSR count). The second-order valence-corrected chi connectivity index (χ2v) is 13.2.